The number of carboxylic acid groups (broad SMARTS) is 1. The van der Waals surface area contributed by atoms with Gasteiger partial charge in [0, 0.05) is 26.2 Å². The van der Waals surface area contributed by atoms with Crippen molar-refractivity contribution in [3.05, 3.63) is 41.7 Å². The number of carbonyl (C=O) groups is 1. The quantitative estimate of drug-likeness (QED) is 0.875. The summed E-state index contributed by atoms with van der Waals surface area (Å²) in [7, 11) is 1.62. The van der Waals surface area contributed by atoms with E-state index in [1.54, 1.807) is 7.05 Å². The summed E-state index contributed by atoms with van der Waals surface area (Å²) in [5, 5.41) is 22.2. The summed E-state index contributed by atoms with van der Waals surface area (Å²) in [6.07, 6.45) is 1.62. The molecule has 2 aromatic rings. The summed E-state index contributed by atoms with van der Waals surface area (Å²) in [5.41, 5.74) is 1.76. The second-order valence-corrected chi connectivity index (χ2v) is 5.43. The van der Waals surface area contributed by atoms with Gasteiger partial charge in [0.05, 0.1) is 11.4 Å². The number of hydrogen-bond donors (Lipinski definition) is 1. The molecule has 2 heterocycles. The van der Waals surface area contributed by atoms with Crippen LogP contribution in [-0.4, -0.2) is 34.1 Å². The van der Waals surface area contributed by atoms with Gasteiger partial charge in [-0.05, 0) is 25.0 Å². The Hall–Kier alpha value is -2.54. The van der Waals surface area contributed by atoms with Crippen LogP contribution in [0.2, 0.25) is 0 Å². The fourth-order valence-corrected chi connectivity index (χ4v) is 2.72. The zero-order valence-corrected chi connectivity index (χ0v) is 12.8. The Morgan fingerprint density at radius 1 is 1.26 bits per heavy atom. The van der Waals surface area contributed by atoms with Crippen molar-refractivity contribution >= 4 is 17.3 Å². The Balaban J connectivity index is 2.01. The van der Waals surface area contributed by atoms with Crippen molar-refractivity contribution in [3.63, 3.8) is 0 Å². The number of aryl methyl sites for hydroxylation is 1. The molecule has 0 radical (unpaired) electrons. The van der Waals surface area contributed by atoms with E-state index in [-0.39, 0.29) is 11.6 Å². The van der Waals surface area contributed by atoms with Crippen LogP contribution in [0.15, 0.2) is 40.6 Å². The van der Waals surface area contributed by atoms with Crippen LogP contribution >= 0.6 is 0 Å². The number of ether oxygens (including phenoxy) is 1. The molecule has 0 aliphatic carbocycles. The van der Waals surface area contributed by atoms with Gasteiger partial charge in [0.15, 0.2) is 5.69 Å². The fraction of sp³-hybridized carbons (Fsp3) is 0.375. The van der Waals surface area contributed by atoms with Crippen molar-refractivity contribution < 1.29 is 14.6 Å². The predicted octanol–water partition coefficient (Wildman–Crippen LogP) is 3.43. The molecule has 1 aliphatic heterocycles. The molecule has 0 unspecified atom stereocenters. The van der Waals surface area contributed by atoms with Gasteiger partial charge in [0.1, 0.15) is 5.69 Å². The van der Waals surface area contributed by atoms with E-state index in [2.05, 4.69) is 15.3 Å². The summed E-state index contributed by atoms with van der Waals surface area (Å²) >= 11 is 0. The van der Waals surface area contributed by atoms with Gasteiger partial charge in [-0.25, -0.2) is 4.79 Å². The molecule has 0 saturated carbocycles. The second kappa shape index (κ2) is 6.70. The van der Waals surface area contributed by atoms with E-state index in [1.807, 2.05) is 30.3 Å². The Bertz CT molecular complexity index is 718. The van der Waals surface area contributed by atoms with E-state index in [4.69, 9.17) is 4.74 Å². The van der Waals surface area contributed by atoms with Crippen molar-refractivity contribution in [3.8, 4) is 0 Å². The van der Waals surface area contributed by atoms with Gasteiger partial charge >= 0.3 is 5.97 Å². The maximum absolute atomic E-state index is 11.6. The number of aromatic nitrogens is 2. The van der Waals surface area contributed by atoms with Gasteiger partial charge < -0.3 is 9.84 Å². The van der Waals surface area contributed by atoms with Crippen LogP contribution in [0.4, 0.5) is 11.4 Å². The highest BCUT2D eigenvalue weighted by atomic mass is 16.5. The molecule has 0 amide bonds. The lowest BCUT2D eigenvalue weighted by molar-refractivity contribution is 0.0686. The molecule has 3 rings (SSSR count). The lowest BCUT2D eigenvalue weighted by atomic mass is 9.95. The average molecular weight is 314 g/mol. The highest BCUT2D eigenvalue weighted by Gasteiger charge is 2.28. The number of azo groups is 1. The summed E-state index contributed by atoms with van der Waals surface area (Å²) in [6.45, 7) is 1.30. The third-order valence-corrected chi connectivity index (χ3v) is 3.88. The standard InChI is InChI=1S/C16H18N4O3/c1-20-15(16(21)22)14(18-17-12-5-3-2-4-6-12)13(19-20)11-7-9-23-10-8-11/h2-6,11H,7-10H2,1H3,(H,21,22). The molecular weight excluding hydrogens is 296 g/mol. The van der Waals surface area contributed by atoms with Crippen molar-refractivity contribution in [2.24, 2.45) is 17.3 Å². The van der Waals surface area contributed by atoms with Crippen LogP contribution in [0.1, 0.15) is 34.9 Å². The van der Waals surface area contributed by atoms with Crippen molar-refractivity contribution in [1.82, 2.24) is 9.78 Å². The second-order valence-electron chi connectivity index (χ2n) is 5.43. The molecule has 7 nitrogen and oxygen atoms in total. The summed E-state index contributed by atoms with van der Waals surface area (Å²) < 4.78 is 6.74. The first-order chi connectivity index (χ1) is 11.2. The van der Waals surface area contributed by atoms with Gasteiger partial charge in [-0.1, -0.05) is 18.2 Å². The zero-order valence-electron chi connectivity index (χ0n) is 12.8. The number of hydrogen-bond acceptors (Lipinski definition) is 5. The lowest BCUT2D eigenvalue weighted by Gasteiger charge is -2.20. The van der Waals surface area contributed by atoms with E-state index in [1.165, 1.54) is 4.68 Å². The highest BCUT2D eigenvalue weighted by Crippen LogP contribution is 2.36. The Morgan fingerprint density at radius 2 is 1.96 bits per heavy atom. The normalized spacial score (nSPS) is 16.0. The number of carboxylic acids is 1. The summed E-state index contributed by atoms with van der Waals surface area (Å²) in [4.78, 5) is 11.6. The van der Waals surface area contributed by atoms with Crippen LogP contribution in [-0.2, 0) is 11.8 Å². The molecular formula is C16H18N4O3. The van der Waals surface area contributed by atoms with Crippen LogP contribution < -0.4 is 0 Å². The predicted molar refractivity (Wildman–Crippen MR) is 83.6 cm³/mol. The van der Waals surface area contributed by atoms with E-state index >= 15 is 0 Å². The maximum atomic E-state index is 11.6. The minimum atomic E-state index is -1.06. The number of rotatable bonds is 4. The molecule has 1 saturated heterocycles. The number of benzene rings is 1. The zero-order chi connectivity index (χ0) is 16.2. The third kappa shape index (κ3) is 3.29. The van der Waals surface area contributed by atoms with Crippen molar-refractivity contribution in [1.29, 1.82) is 0 Å². The topological polar surface area (TPSA) is 89.1 Å². The van der Waals surface area contributed by atoms with Gasteiger partial charge in [0.2, 0.25) is 0 Å². The molecule has 1 aromatic carbocycles. The minimum absolute atomic E-state index is 0.0613. The minimum Gasteiger partial charge on any atom is -0.476 e. The monoisotopic (exact) mass is 314 g/mol. The highest BCUT2D eigenvalue weighted by molar-refractivity contribution is 5.92. The van der Waals surface area contributed by atoms with Crippen LogP contribution in [0, 0.1) is 0 Å². The molecule has 1 aromatic heterocycles. The number of aromatic carboxylic acids is 1. The average Bonchev–Trinajstić information content (AvgIpc) is 2.91. The van der Waals surface area contributed by atoms with E-state index in [0.717, 1.165) is 12.8 Å². The Labute approximate surface area is 133 Å². The first kappa shape index (κ1) is 15.4. The molecule has 0 bridgehead atoms. The third-order valence-electron chi connectivity index (χ3n) is 3.88. The van der Waals surface area contributed by atoms with Crippen molar-refractivity contribution in [2.75, 3.05) is 13.2 Å². The SMILES string of the molecule is Cn1nc(C2CCOCC2)c(N=Nc2ccccc2)c1C(=O)O. The molecule has 1 aliphatic rings. The van der Waals surface area contributed by atoms with E-state index in [0.29, 0.717) is 30.3 Å². The smallest absolute Gasteiger partial charge is 0.356 e. The Morgan fingerprint density at radius 3 is 2.61 bits per heavy atom. The van der Waals surface area contributed by atoms with Gasteiger partial charge in [-0.3, -0.25) is 4.68 Å². The molecule has 1 N–H and O–H groups in total. The van der Waals surface area contributed by atoms with E-state index < -0.39 is 5.97 Å². The van der Waals surface area contributed by atoms with Gasteiger partial charge in [-0.2, -0.15) is 10.2 Å². The van der Waals surface area contributed by atoms with Gasteiger partial charge in [0.25, 0.3) is 0 Å². The lowest BCUT2D eigenvalue weighted by Crippen LogP contribution is -2.14. The largest absolute Gasteiger partial charge is 0.476 e. The summed E-state index contributed by atoms with van der Waals surface area (Å²) in [5.74, 6) is -0.909. The van der Waals surface area contributed by atoms with Crippen molar-refractivity contribution in [2.45, 2.75) is 18.8 Å². The first-order valence-corrected chi connectivity index (χ1v) is 7.51. The van der Waals surface area contributed by atoms with Gasteiger partial charge in [-0.15, -0.1) is 5.11 Å². The molecule has 0 spiro atoms. The van der Waals surface area contributed by atoms with Crippen LogP contribution in [0.5, 0.6) is 0 Å². The fourth-order valence-electron chi connectivity index (χ4n) is 2.72. The Kier molecular flexibility index (Phi) is 4.47. The molecule has 1 fully saturated rings. The first-order valence-electron chi connectivity index (χ1n) is 7.51. The van der Waals surface area contributed by atoms with Crippen LogP contribution in [0.3, 0.4) is 0 Å². The summed E-state index contributed by atoms with van der Waals surface area (Å²) in [6, 6.07) is 9.23. The molecule has 7 heteroatoms. The number of nitrogens with zero attached hydrogens (tertiary/aromatic N) is 4. The van der Waals surface area contributed by atoms with Crippen LogP contribution in [0.25, 0.3) is 0 Å². The molecule has 120 valence electrons. The van der Waals surface area contributed by atoms with E-state index in [9.17, 15) is 9.90 Å². The molecule has 0 atom stereocenters. The maximum Gasteiger partial charge on any atom is 0.356 e. The molecule has 23 heavy (non-hydrogen) atoms.